The zero-order valence-corrected chi connectivity index (χ0v) is 13.9. The quantitative estimate of drug-likeness (QED) is 0.446. The molecule has 2 saturated heterocycles. The van der Waals surface area contributed by atoms with Crippen molar-refractivity contribution in [2.75, 3.05) is 14.2 Å². The molecule has 0 spiro atoms. The van der Waals surface area contributed by atoms with E-state index < -0.39 is 0 Å². The van der Waals surface area contributed by atoms with Crippen LogP contribution in [-0.4, -0.2) is 37.1 Å². The normalized spacial score (nSPS) is 41.5. The van der Waals surface area contributed by atoms with E-state index >= 15 is 0 Å². The molecule has 120 valence electrons. The summed E-state index contributed by atoms with van der Waals surface area (Å²) in [6, 6.07) is 1.07. The SMILES string of the molecule is [CH2+]C#CC1CCC([C@H]2C[C@H]3CCC(C2C(=O)OC)N3C)CC1. The van der Waals surface area contributed by atoms with Crippen LogP contribution in [0.25, 0.3) is 0 Å². The van der Waals surface area contributed by atoms with Gasteiger partial charge in [0.15, 0.2) is 0 Å². The van der Waals surface area contributed by atoms with Gasteiger partial charge in [-0.05, 0) is 63.8 Å². The molecule has 22 heavy (non-hydrogen) atoms. The van der Waals surface area contributed by atoms with Crippen LogP contribution >= 0.6 is 0 Å². The molecule has 0 amide bonds. The maximum atomic E-state index is 12.4. The van der Waals surface area contributed by atoms with Gasteiger partial charge in [0, 0.05) is 12.1 Å². The van der Waals surface area contributed by atoms with E-state index in [0.717, 1.165) is 6.42 Å². The van der Waals surface area contributed by atoms with Crippen LogP contribution in [0.15, 0.2) is 0 Å². The number of hydrogen-bond acceptors (Lipinski definition) is 3. The summed E-state index contributed by atoms with van der Waals surface area (Å²) in [6.07, 6.45) is 8.32. The van der Waals surface area contributed by atoms with Gasteiger partial charge < -0.3 is 4.74 Å². The predicted molar refractivity (Wildman–Crippen MR) is 86.8 cm³/mol. The fraction of sp³-hybridized carbons (Fsp3) is 0.789. The topological polar surface area (TPSA) is 29.5 Å². The average molecular weight is 302 g/mol. The van der Waals surface area contributed by atoms with Gasteiger partial charge in [0.25, 0.3) is 0 Å². The first-order valence-corrected chi connectivity index (χ1v) is 8.73. The highest BCUT2D eigenvalue weighted by molar-refractivity contribution is 5.74. The molecule has 2 aliphatic heterocycles. The van der Waals surface area contributed by atoms with Crippen molar-refractivity contribution in [1.29, 1.82) is 0 Å². The lowest BCUT2D eigenvalue weighted by atomic mass is 9.67. The van der Waals surface area contributed by atoms with Crippen molar-refractivity contribution in [3.05, 3.63) is 6.92 Å². The van der Waals surface area contributed by atoms with Crippen LogP contribution in [0.2, 0.25) is 0 Å². The maximum absolute atomic E-state index is 12.4. The monoisotopic (exact) mass is 302 g/mol. The van der Waals surface area contributed by atoms with Crippen LogP contribution in [0, 0.1) is 42.4 Å². The zero-order chi connectivity index (χ0) is 15.7. The van der Waals surface area contributed by atoms with E-state index in [9.17, 15) is 4.79 Å². The third-order valence-corrected chi connectivity index (χ3v) is 6.47. The number of carbonyl (C=O) groups excluding carboxylic acids is 1. The summed E-state index contributed by atoms with van der Waals surface area (Å²) in [7, 11) is 3.73. The van der Waals surface area contributed by atoms with Crippen molar-refractivity contribution in [1.82, 2.24) is 4.90 Å². The molecule has 3 aliphatic rings. The van der Waals surface area contributed by atoms with E-state index in [1.165, 1.54) is 38.5 Å². The van der Waals surface area contributed by atoms with Crippen molar-refractivity contribution < 1.29 is 9.53 Å². The van der Waals surface area contributed by atoms with Crippen molar-refractivity contribution in [3.8, 4) is 11.8 Å². The minimum Gasteiger partial charge on any atom is -0.469 e. The van der Waals surface area contributed by atoms with Gasteiger partial charge in [0.2, 0.25) is 0 Å². The molecule has 3 rings (SSSR count). The van der Waals surface area contributed by atoms with Gasteiger partial charge in [-0.1, -0.05) is 0 Å². The smallest absolute Gasteiger partial charge is 0.310 e. The fourth-order valence-corrected chi connectivity index (χ4v) is 5.29. The molecule has 1 saturated carbocycles. The van der Waals surface area contributed by atoms with Gasteiger partial charge in [-0.3, -0.25) is 9.69 Å². The number of methoxy groups -OCH3 is 1. The highest BCUT2D eigenvalue weighted by Gasteiger charge is 2.51. The molecular weight excluding hydrogens is 274 g/mol. The molecule has 1 aliphatic carbocycles. The number of esters is 1. The number of fused-ring (bicyclic) bond motifs is 2. The molecule has 4 atom stereocenters. The Bertz CT molecular complexity index is 470. The molecule has 2 unspecified atom stereocenters. The lowest BCUT2D eigenvalue weighted by molar-refractivity contribution is -0.154. The van der Waals surface area contributed by atoms with Crippen LogP contribution < -0.4 is 0 Å². The number of carbonyl (C=O) groups is 1. The summed E-state index contributed by atoms with van der Waals surface area (Å²) < 4.78 is 5.17. The van der Waals surface area contributed by atoms with Gasteiger partial charge in [0.05, 0.1) is 20.0 Å². The summed E-state index contributed by atoms with van der Waals surface area (Å²) in [6.45, 7) is 3.64. The van der Waals surface area contributed by atoms with E-state index in [1.807, 2.05) is 0 Å². The minimum atomic E-state index is 0.0156. The van der Waals surface area contributed by atoms with Crippen LogP contribution in [0.4, 0.5) is 0 Å². The van der Waals surface area contributed by atoms with E-state index in [1.54, 1.807) is 7.11 Å². The standard InChI is InChI=1S/C19H28NO2/c1-4-5-13-6-8-14(9-7-13)16-12-15-10-11-17(20(15)2)18(16)19(21)22-3/h13-18H,1,6-12H2,2-3H3/q+1/t13?,14?,15-,16-,17?,18?/m1/s1. The Kier molecular flexibility index (Phi) is 4.68. The van der Waals surface area contributed by atoms with E-state index in [4.69, 9.17) is 4.74 Å². The largest absolute Gasteiger partial charge is 0.469 e. The highest BCUT2D eigenvalue weighted by atomic mass is 16.5. The summed E-state index contributed by atoms with van der Waals surface area (Å²) in [5.41, 5.74) is 0. The van der Waals surface area contributed by atoms with Crippen molar-refractivity contribution in [3.63, 3.8) is 0 Å². The van der Waals surface area contributed by atoms with Crippen LogP contribution in [0.3, 0.4) is 0 Å². The molecule has 0 aromatic heterocycles. The number of ether oxygens (including phenoxy) is 1. The van der Waals surface area contributed by atoms with Crippen molar-refractivity contribution in [2.24, 2.45) is 23.7 Å². The third kappa shape index (κ3) is 2.74. The molecule has 0 N–H and O–H groups in total. The molecule has 3 fully saturated rings. The van der Waals surface area contributed by atoms with Gasteiger partial charge in [-0.2, -0.15) is 0 Å². The first-order chi connectivity index (χ1) is 10.7. The second-order valence-electron chi connectivity index (χ2n) is 7.35. The van der Waals surface area contributed by atoms with Gasteiger partial charge in [-0.25, -0.2) is 0 Å². The Morgan fingerprint density at radius 2 is 1.91 bits per heavy atom. The minimum absolute atomic E-state index is 0.0156. The summed E-state index contributed by atoms with van der Waals surface area (Å²) in [4.78, 5) is 14.9. The summed E-state index contributed by atoms with van der Waals surface area (Å²) >= 11 is 0. The second kappa shape index (κ2) is 6.54. The first kappa shape index (κ1) is 15.7. The van der Waals surface area contributed by atoms with Gasteiger partial charge in [0.1, 0.15) is 17.8 Å². The summed E-state index contributed by atoms with van der Waals surface area (Å²) in [5.74, 6) is 7.84. The molecule has 0 radical (unpaired) electrons. The maximum Gasteiger partial charge on any atom is 0.310 e. The van der Waals surface area contributed by atoms with E-state index in [-0.39, 0.29) is 11.9 Å². The Labute approximate surface area is 134 Å². The molecule has 0 aromatic carbocycles. The molecule has 3 nitrogen and oxygen atoms in total. The first-order valence-electron chi connectivity index (χ1n) is 8.73. The fourth-order valence-electron chi connectivity index (χ4n) is 5.29. The predicted octanol–water partition coefficient (Wildman–Crippen LogP) is 2.90. The lowest BCUT2D eigenvalue weighted by Crippen LogP contribution is -2.52. The van der Waals surface area contributed by atoms with Crippen molar-refractivity contribution >= 4 is 5.97 Å². The molecule has 2 bridgehead atoms. The average Bonchev–Trinajstić information content (AvgIpc) is 2.77. The van der Waals surface area contributed by atoms with Crippen molar-refractivity contribution in [2.45, 2.75) is 57.0 Å². The highest BCUT2D eigenvalue weighted by Crippen LogP contribution is 2.48. The van der Waals surface area contributed by atoms with E-state index in [2.05, 4.69) is 30.7 Å². The number of hydrogen-bond donors (Lipinski definition) is 0. The Balaban J connectivity index is 1.73. The molecule has 0 aromatic rings. The molecule has 2 heterocycles. The Morgan fingerprint density at radius 1 is 1.18 bits per heavy atom. The second-order valence-corrected chi connectivity index (χ2v) is 7.35. The number of rotatable bonds is 2. The Hall–Kier alpha value is -1.14. The van der Waals surface area contributed by atoms with E-state index in [0.29, 0.717) is 29.8 Å². The Morgan fingerprint density at radius 3 is 2.55 bits per heavy atom. The zero-order valence-electron chi connectivity index (χ0n) is 13.9. The van der Waals surface area contributed by atoms with Crippen LogP contribution in [0.1, 0.15) is 44.9 Å². The lowest BCUT2D eigenvalue weighted by Gasteiger charge is -2.45. The molecule has 3 heteroatoms. The van der Waals surface area contributed by atoms with Gasteiger partial charge in [-0.15, -0.1) is 0 Å². The van der Waals surface area contributed by atoms with Crippen LogP contribution in [0.5, 0.6) is 0 Å². The van der Waals surface area contributed by atoms with Gasteiger partial charge >= 0.3 is 5.97 Å². The molecular formula is C19H28NO2+. The number of nitrogens with zero attached hydrogens (tertiary/aromatic N) is 1. The number of piperidine rings is 1. The summed E-state index contributed by atoms with van der Waals surface area (Å²) in [5, 5.41) is 0. The van der Waals surface area contributed by atoms with Crippen LogP contribution in [-0.2, 0) is 9.53 Å². The third-order valence-electron chi connectivity index (χ3n) is 6.47.